The van der Waals surface area contributed by atoms with Gasteiger partial charge < -0.3 is 4.90 Å². The highest BCUT2D eigenvalue weighted by atomic mass is 35.5. The van der Waals surface area contributed by atoms with Crippen LogP contribution in [0.5, 0.6) is 0 Å². The highest BCUT2D eigenvalue weighted by Crippen LogP contribution is 2.33. The van der Waals surface area contributed by atoms with E-state index in [0.29, 0.717) is 0 Å². The molecule has 2 atom stereocenters. The fourth-order valence-electron chi connectivity index (χ4n) is 3.73. The molecule has 1 aromatic rings. The van der Waals surface area contributed by atoms with E-state index >= 15 is 0 Å². The lowest BCUT2D eigenvalue weighted by molar-refractivity contribution is 0.0693. The number of hydrogen-bond acceptors (Lipinski definition) is 2. The first-order valence-corrected chi connectivity index (χ1v) is 9.42. The molecule has 0 unspecified atom stereocenters. The van der Waals surface area contributed by atoms with Crippen LogP contribution in [0.3, 0.4) is 0 Å². The van der Waals surface area contributed by atoms with Crippen molar-refractivity contribution in [2.45, 2.75) is 43.9 Å². The molecule has 2 aliphatic heterocycles. The molecular formula is C17H24ClNS. The maximum absolute atomic E-state index is 6.05. The van der Waals surface area contributed by atoms with E-state index in [4.69, 9.17) is 11.6 Å². The molecule has 2 aliphatic rings. The summed E-state index contributed by atoms with van der Waals surface area (Å²) in [6, 6.07) is 9.18. The summed E-state index contributed by atoms with van der Waals surface area (Å²) in [4.78, 5) is 2.76. The summed E-state index contributed by atoms with van der Waals surface area (Å²) < 4.78 is 0. The molecule has 0 aliphatic carbocycles. The van der Waals surface area contributed by atoms with Crippen LogP contribution in [0.25, 0.3) is 0 Å². The molecule has 3 rings (SSSR count). The van der Waals surface area contributed by atoms with Crippen molar-refractivity contribution in [1.82, 2.24) is 4.90 Å². The largest absolute Gasteiger partial charge is 0.300 e. The Hall–Kier alpha value is -0.180. The van der Waals surface area contributed by atoms with Crippen LogP contribution in [-0.2, 0) is 5.75 Å². The Morgan fingerprint density at radius 1 is 1.15 bits per heavy atom. The molecule has 0 bridgehead atoms. The summed E-state index contributed by atoms with van der Waals surface area (Å²) in [5.41, 5.74) is 1.36. The van der Waals surface area contributed by atoms with Crippen LogP contribution in [0.15, 0.2) is 24.3 Å². The molecule has 20 heavy (non-hydrogen) atoms. The minimum absolute atomic E-state index is 0.860. The number of hydrogen-bond donors (Lipinski definition) is 0. The van der Waals surface area contributed by atoms with Gasteiger partial charge in [-0.1, -0.05) is 30.2 Å². The van der Waals surface area contributed by atoms with Crippen LogP contribution in [-0.4, -0.2) is 29.8 Å². The molecule has 0 aromatic heterocycles. The maximum atomic E-state index is 6.05. The van der Waals surface area contributed by atoms with Crippen molar-refractivity contribution in [3.8, 4) is 0 Å². The van der Waals surface area contributed by atoms with Gasteiger partial charge in [0.15, 0.2) is 0 Å². The van der Waals surface area contributed by atoms with Crippen molar-refractivity contribution in [2.75, 3.05) is 18.8 Å². The van der Waals surface area contributed by atoms with Crippen LogP contribution in [0.4, 0.5) is 0 Å². The van der Waals surface area contributed by atoms with E-state index < -0.39 is 0 Å². The third kappa shape index (κ3) is 3.72. The van der Waals surface area contributed by atoms with Crippen LogP contribution < -0.4 is 0 Å². The van der Waals surface area contributed by atoms with Gasteiger partial charge in [0.1, 0.15) is 0 Å². The average Bonchev–Trinajstić information content (AvgIpc) is 2.48. The van der Waals surface area contributed by atoms with Gasteiger partial charge in [-0.2, -0.15) is 11.8 Å². The Bertz CT molecular complexity index is 435. The predicted octanol–water partition coefficient (Wildman–Crippen LogP) is 4.84. The third-order valence-electron chi connectivity index (χ3n) is 4.72. The van der Waals surface area contributed by atoms with E-state index in [0.717, 1.165) is 22.7 Å². The summed E-state index contributed by atoms with van der Waals surface area (Å²) in [7, 11) is 0. The molecule has 0 amide bonds. The minimum atomic E-state index is 0.860. The fraction of sp³-hybridized carbons (Fsp3) is 0.647. The number of benzene rings is 1. The quantitative estimate of drug-likeness (QED) is 0.783. The van der Waals surface area contributed by atoms with Gasteiger partial charge in [-0.05, 0) is 68.1 Å². The molecule has 3 heteroatoms. The minimum Gasteiger partial charge on any atom is -0.300 e. The third-order valence-corrected chi connectivity index (χ3v) is 6.15. The molecule has 0 spiro atoms. The van der Waals surface area contributed by atoms with E-state index in [1.54, 1.807) is 0 Å². The van der Waals surface area contributed by atoms with Crippen molar-refractivity contribution < 1.29 is 0 Å². The highest BCUT2D eigenvalue weighted by molar-refractivity contribution is 7.98. The smallest absolute Gasteiger partial charge is 0.0409 e. The molecule has 2 saturated heterocycles. The van der Waals surface area contributed by atoms with Crippen molar-refractivity contribution in [3.63, 3.8) is 0 Å². The van der Waals surface area contributed by atoms with Crippen molar-refractivity contribution in [1.29, 1.82) is 0 Å². The van der Waals surface area contributed by atoms with Gasteiger partial charge in [0.2, 0.25) is 0 Å². The van der Waals surface area contributed by atoms with Gasteiger partial charge >= 0.3 is 0 Å². The number of rotatable bonds is 4. The van der Waals surface area contributed by atoms with Gasteiger partial charge in [0.05, 0.1) is 0 Å². The number of fused-ring (bicyclic) bond motifs is 1. The van der Waals surface area contributed by atoms with Crippen LogP contribution >= 0.6 is 23.4 Å². The van der Waals surface area contributed by atoms with E-state index in [-0.39, 0.29) is 0 Å². The molecule has 1 aromatic carbocycles. The first-order chi connectivity index (χ1) is 9.83. The van der Waals surface area contributed by atoms with E-state index in [9.17, 15) is 0 Å². The van der Waals surface area contributed by atoms with Crippen molar-refractivity contribution in [3.05, 3.63) is 34.9 Å². The predicted molar refractivity (Wildman–Crippen MR) is 89.6 cm³/mol. The van der Waals surface area contributed by atoms with Crippen LogP contribution in [0, 0.1) is 5.92 Å². The standard InChI is InChI=1S/C17H24ClNS/c18-16-7-3-5-14(11-16)12-20-13-15-6-4-10-19-9-2-1-8-17(15)19/h3,5,7,11,15,17H,1-2,4,6,8-10,12-13H2/t15-,17-/m1/s1. The normalized spacial score (nSPS) is 27.2. The molecule has 0 radical (unpaired) electrons. The zero-order valence-electron chi connectivity index (χ0n) is 12.1. The monoisotopic (exact) mass is 309 g/mol. The molecule has 2 heterocycles. The Labute approximate surface area is 132 Å². The SMILES string of the molecule is Clc1cccc(CSC[C@H]2CCCN3CCCC[C@H]23)c1. The number of thioether (sulfide) groups is 1. The fourth-order valence-corrected chi connectivity index (χ4v) is 5.16. The Kier molecular flexibility index (Phi) is 5.30. The van der Waals surface area contributed by atoms with Gasteiger partial charge in [-0.25, -0.2) is 0 Å². The molecule has 110 valence electrons. The molecule has 1 nitrogen and oxygen atoms in total. The van der Waals surface area contributed by atoms with E-state index in [1.165, 1.54) is 56.5 Å². The molecule has 0 N–H and O–H groups in total. The number of nitrogens with zero attached hydrogens (tertiary/aromatic N) is 1. The summed E-state index contributed by atoms with van der Waals surface area (Å²) in [6.45, 7) is 2.69. The van der Waals surface area contributed by atoms with Crippen LogP contribution in [0.1, 0.15) is 37.7 Å². The zero-order valence-corrected chi connectivity index (χ0v) is 13.6. The number of halogens is 1. The molecular weight excluding hydrogens is 286 g/mol. The first-order valence-electron chi connectivity index (χ1n) is 7.89. The lowest BCUT2D eigenvalue weighted by Crippen LogP contribution is -2.48. The summed E-state index contributed by atoms with van der Waals surface area (Å²) in [6.07, 6.45) is 7.13. The van der Waals surface area contributed by atoms with Crippen molar-refractivity contribution in [2.24, 2.45) is 5.92 Å². The van der Waals surface area contributed by atoms with Gasteiger partial charge in [0.25, 0.3) is 0 Å². The second kappa shape index (κ2) is 7.20. The second-order valence-corrected chi connectivity index (χ2v) is 7.61. The van der Waals surface area contributed by atoms with Gasteiger partial charge in [-0.15, -0.1) is 0 Å². The Balaban J connectivity index is 1.50. The summed E-state index contributed by atoms with van der Waals surface area (Å²) in [5.74, 6) is 3.32. The Morgan fingerprint density at radius 2 is 2.05 bits per heavy atom. The molecule has 2 fully saturated rings. The highest BCUT2D eigenvalue weighted by Gasteiger charge is 2.32. The van der Waals surface area contributed by atoms with Gasteiger partial charge in [0, 0.05) is 16.8 Å². The number of piperidine rings is 2. The maximum Gasteiger partial charge on any atom is 0.0409 e. The summed E-state index contributed by atoms with van der Waals surface area (Å²) >= 11 is 8.14. The lowest BCUT2D eigenvalue weighted by atomic mass is 9.85. The zero-order chi connectivity index (χ0) is 13.8. The van der Waals surface area contributed by atoms with E-state index in [1.807, 2.05) is 6.07 Å². The van der Waals surface area contributed by atoms with Crippen LogP contribution in [0.2, 0.25) is 5.02 Å². The lowest BCUT2D eigenvalue weighted by Gasteiger charge is -2.44. The average molecular weight is 310 g/mol. The molecule has 0 saturated carbocycles. The first kappa shape index (κ1) is 14.7. The Morgan fingerprint density at radius 3 is 2.95 bits per heavy atom. The van der Waals surface area contributed by atoms with Gasteiger partial charge in [-0.3, -0.25) is 0 Å². The second-order valence-electron chi connectivity index (χ2n) is 6.15. The van der Waals surface area contributed by atoms with Crippen molar-refractivity contribution >= 4 is 23.4 Å². The van der Waals surface area contributed by atoms with E-state index in [2.05, 4.69) is 34.9 Å². The topological polar surface area (TPSA) is 3.24 Å². The summed E-state index contributed by atoms with van der Waals surface area (Å²) in [5, 5.41) is 0.860.